The molecule has 0 aromatic carbocycles. The molecule has 3 atom stereocenters. The van der Waals surface area contributed by atoms with E-state index in [-0.39, 0.29) is 12.8 Å². The highest BCUT2D eigenvalue weighted by atomic mass is 31.2. The van der Waals surface area contributed by atoms with Gasteiger partial charge in [0.25, 0.3) is 0 Å². The highest BCUT2D eigenvalue weighted by Crippen LogP contribution is 2.49. The first-order valence-electron chi connectivity index (χ1n) is 21.2. The number of Topliss-reactive ketones (excluding diaryl/α,β-unsaturated/α-hetero) is 2. The van der Waals surface area contributed by atoms with Crippen LogP contribution < -0.4 is 0 Å². The van der Waals surface area contributed by atoms with E-state index in [1.807, 2.05) is 0 Å². The van der Waals surface area contributed by atoms with Gasteiger partial charge in [-0.15, -0.1) is 0 Å². The van der Waals surface area contributed by atoms with Gasteiger partial charge in [0.1, 0.15) is 12.2 Å². The van der Waals surface area contributed by atoms with Gasteiger partial charge in [0, 0.05) is 12.8 Å². The third-order valence-corrected chi connectivity index (χ3v) is 10.7. The third-order valence-electron chi connectivity index (χ3n) is 9.70. The van der Waals surface area contributed by atoms with Crippen molar-refractivity contribution in [2.45, 2.75) is 211 Å². The van der Waals surface area contributed by atoms with Crippen molar-refractivity contribution in [3.8, 4) is 0 Å². The number of aliphatic hydroxyl groups is 4. The lowest BCUT2D eigenvalue weighted by Crippen LogP contribution is -2.58. The van der Waals surface area contributed by atoms with Gasteiger partial charge < -0.3 is 25.3 Å². The highest BCUT2D eigenvalue weighted by molar-refractivity contribution is 7.47. The van der Waals surface area contributed by atoms with Gasteiger partial charge in [-0.2, -0.15) is 0 Å². The Morgan fingerprint density at radius 3 is 1.25 bits per heavy atom. The monoisotopic (exact) mass is 775 g/mol. The lowest BCUT2D eigenvalue weighted by atomic mass is 9.82. The van der Waals surface area contributed by atoms with Gasteiger partial charge in [-0.25, -0.2) is 4.57 Å². The van der Waals surface area contributed by atoms with Gasteiger partial charge in [-0.1, -0.05) is 141 Å². The summed E-state index contributed by atoms with van der Waals surface area (Å²) in [6, 6.07) is 0. The smallest absolute Gasteiger partial charge is 0.394 e. The molecule has 312 valence electrons. The lowest BCUT2D eigenvalue weighted by Gasteiger charge is -2.35. The van der Waals surface area contributed by atoms with Crippen molar-refractivity contribution in [2.24, 2.45) is 0 Å². The molecular weight excluding hydrogens is 695 g/mol. The van der Waals surface area contributed by atoms with Gasteiger partial charge in [0.05, 0.1) is 19.8 Å². The molecule has 5 N–H and O–H groups in total. The summed E-state index contributed by atoms with van der Waals surface area (Å²) >= 11 is 0. The Bertz CT molecular complexity index is 933. The lowest BCUT2D eigenvalue weighted by molar-refractivity contribution is -0.165. The van der Waals surface area contributed by atoms with E-state index in [4.69, 9.17) is 14.2 Å². The Morgan fingerprint density at radius 1 is 0.566 bits per heavy atom. The van der Waals surface area contributed by atoms with Gasteiger partial charge in [-0.05, 0) is 64.2 Å². The molecule has 0 aliphatic carbocycles. The van der Waals surface area contributed by atoms with Crippen molar-refractivity contribution >= 4 is 19.4 Å². The summed E-state index contributed by atoms with van der Waals surface area (Å²) in [5, 5.41) is 39.4. The maximum atomic E-state index is 13.7. The molecule has 0 aromatic heterocycles. The van der Waals surface area contributed by atoms with E-state index in [1.54, 1.807) is 0 Å². The van der Waals surface area contributed by atoms with Crippen LogP contribution in [-0.4, -0.2) is 74.5 Å². The Balaban J connectivity index is 4.97. The predicted molar refractivity (Wildman–Crippen MR) is 215 cm³/mol. The van der Waals surface area contributed by atoms with E-state index in [9.17, 15) is 34.4 Å². The second-order valence-electron chi connectivity index (χ2n) is 14.6. The SMILES string of the molecule is CCCCCCCC/C=C\CCCCCCCC(=O)C(OP(=O)(O)OC[C@H](O)CO)(C(=O)CCCCCCC/C=C\CCCCCCCC)C(O)CO. The molecule has 0 aliphatic heterocycles. The van der Waals surface area contributed by atoms with E-state index in [2.05, 4.69) is 38.2 Å². The van der Waals surface area contributed by atoms with E-state index >= 15 is 0 Å². The van der Waals surface area contributed by atoms with E-state index < -0.39 is 57.0 Å². The molecule has 11 heteroatoms. The molecular formula is C42H79O10P. The quantitative estimate of drug-likeness (QED) is 0.0175. The van der Waals surface area contributed by atoms with Crippen molar-refractivity contribution in [1.82, 2.24) is 0 Å². The number of allylic oxidation sites excluding steroid dienone is 4. The number of rotatable bonds is 40. The average Bonchev–Trinajstić information content (AvgIpc) is 3.15. The summed E-state index contributed by atoms with van der Waals surface area (Å²) in [6.45, 7) is 1.83. The van der Waals surface area contributed by atoms with Gasteiger partial charge in [-0.3, -0.25) is 18.6 Å². The van der Waals surface area contributed by atoms with Crippen LogP contribution in [0, 0.1) is 0 Å². The van der Waals surface area contributed by atoms with Crippen LogP contribution in [0.1, 0.15) is 194 Å². The van der Waals surface area contributed by atoms with Gasteiger partial charge in [0.15, 0.2) is 11.6 Å². The van der Waals surface area contributed by atoms with Gasteiger partial charge >= 0.3 is 7.82 Å². The number of carbonyl (C=O) groups excluding carboxylic acids is 2. The van der Waals surface area contributed by atoms with Crippen molar-refractivity contribution in [3.63, 3.8) is 0 Å². The summed E-state index contributed by atoms with van der Waals surface area (Å²) in [5.74, 6) is -1.79. The second-order valence-corrected chi connectivity index (χ2v) is 16.0. The second kappa shape index (κ2) is 35.2. The Kier molecular flexibility index (Phi) is 34.4. The summed E-state index contributed by atoms with van der Waals surface area (Å²) in [7, 11) is -5.20. The fourth-order valence-corrected chi connectivity index (χ4v) is 7.45. The zero-order valence-corrected chi connectivity index (χ0v) is 34.5. The summed E-state index contributed by atoms with van der Waals surface area (Å²) < 4.78 is 22.9. The molecule has 0 bridgehead atoms. The molecule has 0 amide bonds. The first kappa shape index (κ1) is 51.8. The number of phosphoric acid groups is 1. The van der Waals surface area contributed by atoms with Gasteiger partial charge in [0.2, 0.25) is 5.60 Å². The molecule has 0 radical (unpaired) electrons. The molecule has 10 nitrogen and oxygen atoms in total. The largest absolute Gasteiger partial charge is 0.473 e. The predicted octanol–water partition coefficient (Wildman–Crippen LogP) is 9.78. The first-order chi connectivity index (χ1) is 25.6. The highest BCUT2D eigenvalue weighted by Gasteiger charge is 2.55. The first-order valence-corrected chi connectivity index (χ1v) is 22.7. The minimum absolute atomic E-state index is 0.202. The van der Waals surface area contributed by atoms with E-state index in [1.165, 1.54) is 77.0 Å². The zero-order valence-electron chi connectivity index (χ0n) is 33.6. The minimum atomic E-state index is -5.20. The number of phosphoric ester groups is 1. The standard InChI is InChI=1S/C42H79O10P/c1-3-5-7-9-11-13-15-17-19-21-23-25-27-29-31-33-39(46)42(41(48)36-44,52-53(49,50)51-37-38(45)35-43)40(47)34-32-30-28-26-24-22-20-18-16-14-12-10-8-6-4-2/h17-20,38,41,43-45,48H,3-16,21-37H2,1-2H3,(H,49,50)/b19-17-,20-18-/t38-,41?/m1/s1. The molecule has 0 saturated heterocycles. The Morgan fingerprint density at radius 2 is 0.906 bits per heavy atom. The summed E-state index contributed by atoms with van der Waals surface area (Å²) in [4.78, 5) is 37.8. The maximum Gasteiger partial charge on any atom is 0.473 e. The topological polar surface area (TPSA) is 171 Å². The van der Waals surface area contributed by atoms with Crippen molar-refractivity contribution in [2.75, 3.05) is 19.8 Å². The van der Waals surface area contributed by atoms with Crippen LogP contribution in [0.15, 0.2) is 24.3 Å². The third kappa shape index (κ3) is 27.1. The van der Waals surface area contributed by atoms with Crippen molar-refractivity contribution in [3.05, 3.63) is 24.3 Å². The molecule has 0 aliphatic rings. The number of hydrogen-bond acceptors (Lipinski definition) is 9. The van der Waals surface area contributed by atoms with Crippen LogP contribution >= 0.6 is 7.82 Å². The van der Waals surface area contributed by atoms with Crippen molar-refractivity contribution in [1.29, 1.82) is 0 Å². The summed E-state index contributed by atoms with van der Waals surface area (Å²) in [6.07, 6.45) is 32.4. The van der Waals surface area contributed by atoms with Crippen LogP contribution in [0.25, 0.3) is 0 Å². The molecule has 0 fully saturated rings. The number of ketones is 2. The fraction of sp³-hybridized carbons (Fsp3) is 0.857. The van der Waals surface area contributed by atoms with Crippen LogP contribution in [0.4, 0.5) is 0 Å². The normalized spacial score (nSPS) is 14.6. The molecule has 0 spiro atoms. The molecule has 0 heterocycles. The molecule has 0 saturated carbocycles. The van der Waals surface area contributed by atoms with Crippen LogP contribution in [0.2, 0.25) is 0 Å². The van der Waals surface area contributed by atoms with E-state index in [0.29, 0.717) is 25.7 Å². The molecule has 0 aromatic rings. The number of aliphatic hydroxyl groups excluding tert-OH is 4. The van der Waals surface area contributed by atoms with E-state index in [0.717, 1.165) is 64.2 Å². The maximum absolute atomic E-state index is 13.7. The minimum Gasteiger partial charge on any atom is -0.394 e. The average molecular weight is 775 g/mol. The fourth-order valence-electron chi connectivity index (χ4n) is 6.34. The molecule has 0 rings (SSSR count). The van der Waals surface area contributed by atoms with Crippen molar-refractivity contribution < 1.29 is 48.5 Å². The zero-order chi connectivity index (χ0) is 39.5. The summed E-state index contributed by atoms with van der Waals surface area (Å²) in [5.41, 5.74) is -2.80. The van der Waals surface area contributed by atoms with Crippen LogP contribution in [0.3, 0.4) is 0 Å². The van der Waals surface area contributed by atoms with Crippen LogP contribution in [0.5, 0.6) is 0 Å². The Hall–Kier alpha value is -1.23. The number of carbonyl (C=O) groups is 2. The Labute approximate surface area is 322 Å². The number of hydrogen-bond donors (Lipinski definition) is 5. The molecule has 2 unspecified atom stereocenters. The van der Waals surface area contributed by atoms with Crippen LogP contribution in [-0.2, 0) is 23.2 Å². The molecule has 53 heavy (non-hydrogen) atoms. The number of unbranched alkanes of at least 4 members (excludes halogenated alkanes) is 22.